The van der Waals surface area contributed by atoms with Crippen LogP contribution < -0.4 is 0 Å². The molecule has 0 amide bonds. The van der Waals surface area contributed by atoms with Gasteiger partial charge >= 0.3 is 5.97 Å². The first-order valence-electron chi connectivity index (χ1n) is 4.44. The normalized spacial score (nSPS) is 8.93. The Hall–Kier alpha value is -1.79. The van der Waals surface area contributed by atoms with Gasteiger partial charge in [-0.15, -0.1) is 0 Å². The molecular weight excluding hydrogens is 176 g/mol. The zero-order valence-corrected chi connectivity index (χ0v) is 8.12. The fourth-order valence-electron chi connectivity index (χ4n) is 0.973. The molecule has 0 atom stereocenters. The topological polar surface area (TPSA) is 26.3 Å². The zero-order valence-electron chi connectivity index (χ0n) is 8.12. The molecule has 1 rings (SSSR count). The van der Waals surface area contributed by atoms with Crippen molar-refractivity contribution in [1.29, 1.82) is 0 Å². The van der Waals surface area contributed by atoms with Crippen LogP contribution >= 0.6 is 0 Å². The van der Waals surface area contributed by atoms with Crippen LogP contribution in [0.5, 0.6) is 0 Å². The number of carbonyl (C=O) groups is 1. The fourth-order valence-corrected chi connectivity index (χ4v) is 0.973. The van der Waals surface area contributed by atoms with Gasteiger partial charge in [0, 0.05) is 12.0 Å². The Kier molecular flexibility index (Phi) is 3.71. The number of carbonyl (C=O) groups excluding carboxylic acids is 1. The van der Waals surface area contributed by atoms with Crippen molar-refractivity contribution in [2.75, 3.05) is 0 Å². The predicted molar refractivity (Wildman–Crippen MR) is 55.4 cm³/mol. The third-order valence-corrected chi connectivity index (χ3v) is 1.70. The molecule has 2 heteroatoms. The van der Waals surface area contributed by atoms with Gasteiger partial charge in [-0.05, 0) is 0 Å². The average molecular weight is 188 g/mol. The van der Waals surface area contributed by atoms with Crippen molar-refractivity contribution in [3.8, 4) is 0 Å². The number of esters is 1. The monoisotopic (exact) mass is 188 g/mol. The lowest BCUT2D eigenvalue weighted by Crippen LogP contribution is -2.00. The molecule has 0 N–H and O–H groups in total. The highest BCUT2D eigenvalue weighted by atomic mass is 16.5. The first kappa shape index (κ1) is 10.3. The molecule has 0 heterocycles. The maximum atomic E-state index is 11.0. The van der Waals surface area contributed by atoms with E-state index in [1.165, 1.54) is 0 Å². The number of rotatable bonds is 3. The van der Waals surface area contributed by atoms with Gasteiger partial charge in [0.2, 0.25) is 0 Å². The smallest absolute Gasteiger partial charge is 0.311 e. The van der Waals surface area contributed by atoms with Crippen molar-refractivity contribution < 1.29 is 9.53 Å². The lowest BCUT2D eigenvalue weighted by Gasteiger charge is -2.04. The summed E-state index contributed by atoms with van der Waals surface area (Å²) in [5.41, 5.74) is 3.42. The van der Waals surface area contributed by atoms with Crippen LogP contribution in [0.2, 0.25) is 0 Å². The van der Waals surface area contributed by atoms with Gasteiger partial charge in [-0.1, -0.05) is 49.6 Å². The van der Waals surface area contributed by atoms with Crippen LogP contribution in [0, 0.1) is 0 Å². The molecule has 0 aromatic heterocycles. The van der Waals surface area contributed by atoms with E-state index in [0.29, 0.717) is 12.2 Å². The molecule has 14 heavy (non-hydrogen) atoms. The molecule has 0 saturated carbocycles. The number of ether oxygens (including phenoxy) is 1. The molecule has 0 saturated heterocycles. The summed E-state index contributed by atoms with van der Waals surface area (Å²) < 4.78 is 5.04. The molecule has 0 unspecified atom stereocenters. The Bertz CT molecular complexity index is 359. The minimum atomic E-state index is -0.278. The average Bonchev–Trinajstić information content (AvgIpc) is 2.26. The van der Waals surface area contributed by atoms with Crippen molar-refractivity contribution in [3.63, 3.8) is 0 Å². The molecule has 1 aromatic rings. The molecule has 0 aliphatic carbocycles. The van der Waals surface area contributed by atoms with Crippen LogP contribution in [0.1, 0.15) is 18.9 Å². The summed E-state index contributed by atoms with van der Waals surface area (Å²) in [6.45, 7) is 5.23. The Morgan fingerprint density at radius 1 is 1.43 bits per heavy atom. The van der Waals surface area contributed by atoms with Crippen molar-refractivity contribution in [2.24, 2.45) is 0 Å². The van der Waals surface area contributed by atoms with Gasteiger partial charge in [-0.2, -0.15) is 0 Å². The van der Waals surface area contributed by atoms with E-state index in [-0.39, 0.29) is 5.97 Å². The van der Waals surface area contributed by atoms with E-state index in [1.807, 2.05) is 30.3 Å². The van der Waals surface area contributed by atoms with E-state index in [1.54, 1.807) is 6.92 Å². The molecule has 0 spiro atoms. The van der Waals surface area contributed by atoms with Crippen molar-refractivity contribution >= 4 is 11.7 Å². The zero-order chi connectivity index (χ0) is 10.4. The van der Waals surface area contributed by atoms with E-state index < -0.39 is 0 Å². The maximum Gasteiger partial charge on any atom is 0.311 e. The highest BCUT2D eigenvalue weighted by Crippen LogP contribution is 2.14. The Morgan fingerprint density at radius 3 is 2.57 bits per heavy atom. The summed E-state index contributed by atoms with van der Waals surface area (Å²) in [6, 6.07) is 9.32. The maximum absolute atomic E-state index is 11.0. The van der Waals surface area contributed by atoms with Crippen molar-refractivity contribution in [3.05, 3.63) is 48.2 Å². The number of hydrogen-bond acceptors (Lipinski definition) is 2. The van der Waals surface area contributed by atoms with Gasteiger partial charge < -0.3 is 4.74 Å². The van der Waals surface area contributed by atoms with Crippen molar-refractivity contribution in [2.45, 2.75) is 13.3 Å². The van der Waals surface area contributed by atoms with E-state index in [0.717, 1.165) is 5.56 Å². The lowest BCUT2D eigenvalue weighted by atomic mass is 10.2. The van der Waals surface area contributed by atoms with Gasteiger partial charge in [0.1, 0.15) is 0 Å². The summed E-state index contributed by atoms with van der Waals surface area (Å²) in [6.07, 6.45) is 0.345. The van der Waals surface area contributed by atoms with E-state index in [2.05, 4.69) is 12.3 Å². The first-order valence-corrected chi connectivity index (χ1v) is 4.44. The molecule has 0 bridgehead atoms. The number of hydrogen-bond donors (Lipinski definition) is 0. The van der Waals surface area contributed by atoms with Crippen LogP contribution in [-0.2, 0) is 9.53 Å². The second-order valence-electron chi connectivity index (χ2n) is 2.70. The molecule has 72 valence electrons. The summed E-state index contributed by atoms with van der Waals surface area (Å²) in [5, 5.41) is 0. The van der Waals surface area contributed by atoms with E-state index in [9.17, 15) is 4.79 Å². The minimum Gasteiger partial charge on any atom is -0.417 e. The lowest BCUT2D eigenvalue weighted by molar-refractivity contribution is -0.136. The third kappa shape index (κ3) is 2.61. The standard InChI is InChI=1S/C12H12O2/c1-3-11(14-12(13)4-2)10-8-6-5-7-9-10/h5-9H,1,4H2,2H3. The SMILES string of the molecule is C=C=C(OC(=O)CC)c1ccccc1. The summed E-state index contributed by atoms with van der Waals surface area (Å²) in [4.78, 5) is 11.0. The van der Waals surface area contributed by atoms with Gasteiger partial charge in [-0.25, -0.2) is 0 Å². The fraction of sp³-hybridized carbons (Fsp3) is 0.167. The molecule has 2 nitrogen and oxygen atoms in total. The molecule has 1 aromatic carbocycles. The van der Waals surface area contributed by atoms with Crippen LogP contribution in [0.15, 0.2) is 42.6 Å². The van der Waals surface area contributed by atoms with Gasteiger partial charge in [-0.3, -0.25) is 4.79 Å². The highest BCUT2D eigenvalue weighted by Gasteiger charge is 2.05. The van der Waals surface area contributed by atoms with Crippen LogP contribution in [0.25, 0.3) is 5.76 Å². The summed E-state index contributed by atoms with van der Waals surface area (Å²) in [5.74, 6) is 0.109. The largest absolute Gasteiger partial charge is 0.417 e. The van der Waals surface area contributed by atoms with Gasteiger partial charge in [0.15, 0.2) is 5.76 Å². The molecule has 0 radical (unpaired) electrons. The number of benzene rings is 1. The summed E-state index contributed by atoms with van der Waals surface area (Å²) >= 11 is 0. The predicted octanol–water partition coefficient (Wildman–Crippen LogP) is 2.77. The van der Waals surface area contributed by atoms with Gasteiger partial charge in [0.05, 0.1) is 0 Å². The Labute approximate surface area is 83.5 Å². The second-order valence-corrected chi connectivity index (χ2v) is 2.70. The molecule has 0 aliphatic rings. The summed E-state index contributed by atoms with van der Waals surface area (Å²) in [7, 11) is 0. The molecule has 0 aliphatic heterocycles. The Balaban J connectivity index is 2.85. The molecule has 0 fully saturated rings. The van der Waals surface area contributed by atoms with E-state index >= 15 is 0 Å². The van der Waals surface area contributed by atoms with E-state index in [4.69, 9.17) is 4.74 Å². The molecular formula is C12H12O2. The third-order valence-electron chi connectivity index (χ3n) is 1.70. The van der Waals surface area contributed by atoms with Crippen LogP contribution in [-0.4, -0.2) is 5.97 Å². The Morgan fingerprint density at radius 2 is 2.07 bits per heavy atom. The van der Waals surface area contributed by atoms with Crippen LogP contribution in [0.3, 0.4) is 0 Å². The first-order chi connectivity index (χ1) is 6.77. The second kappa shape index (κ2) is 5.05. The van der Waals surface area contributed by atoms with Crippen LogP contribution in [0.4, 0.5) is 0 Å². The van der Waals surface area contributed by atoms with Gasteiger partial charge in [0.25, 0.3) is 0 Å². The highest BCUT2D eigenvalue weighted by molar-refractivity contribution is 5.77. The quantitative estimate of drug-likeness (QED) is 0.414. The van der Waals surface area contributed by atoms with Crippen molar-refractivity contribution in [1.82, 2.24) is 0 Å². The minimum absolute atomic E-state index is 0.278.